The van der Waals surface area contributed by atoms with E-state index in [1.54, 1.807) is 24.3 Å². The number of methoxy groups -OCH3 is 1. The molecule has 0 amide bonds. The molecule has 0 atom stereocenters. The van der Waals surface area contributed by atoms with E-state index in [2.05, 4.69) is 21.3 Å². The molecule has 0 unspecified atom stereocenters. The number of rotatable bonds is 6. The van der Waals surface area contributed by atoms with Crippen molar-refractivity contribution in [1.82, 2.24) is 4.72 Å². The fourth-order valence-electron chi connectivity index (χ4n) is 1.43. The maximum atomic E-state index is 11.7. The van der Waals surface area contributed by atoms with Crippen molar-refractivity contribution in [3.63, 3.8) is 0 Å². The molecule has 0 aliphatic rings. The lowest BCUT2D eigenvalue weighted by molar-refractivity contribution is -0.140. The van der Waals surface area contributed by atoms with E-state index in [9.17, 15) is 13.2 Å². The smallest absolute Gasteiger partial charge is 0.306 e. The summed E-state index contributed by atoms with van der Waals surface area (Å²) in [7, 11) is -2.31. The molecule has 0 radical (unpaired) electrons. The Bertz CT molecular complexity index is 626. The molecule has 2 N–H and O–H groups in total. The molecule has 0 aromatic heterocycles. The maximum absolute atomic E-state index is 11.7. The van der Waals surface area contributed by atoms with Gasteiger partial charge in [0.1, 0.15) is 6.61 Å². The van der Waals surface area contributed by atoms with Crippen molar-refractivity contribution in [2.75, 3.05) is 19.5 Å². The summed E-state index contributed by atoms with van der Waals surface area (Å²) in [5, 5.41) is 8.58. The van der Waals surface area contributed by atoms with Crippen molar-refractivity contribution < 1.29 is 23.1 Å². The quantitative estimate of drug-likeness (QED) is 0.570. The van der Waals surface area contributed by atoms with E-state index in [-0.39, 0.29) is 25.3 Å². The summed E-state index contributed by atoms with van der Waals surface area (Å²) in [5.41, 5.74) is 1.51. The lowest BCUT2D eigenvalue weighted by Crippen LogP contribution is -2.27. The van der Waals surface area contributed by atoms with Crippen LogP contribution in [0.1, 0.15) is 17.5 Å². The average molecular weight is 311 g/mol. The van der Waals surface area contributed by atoms with Crippen LogP contribution >= 0.6 is 0 Å². The fourth-order valence-corrected chi connectivity index (χ4v) is 2.40. The molecular formula is C14H17NO5S. The molecule has 1 aromatic carbocycles. The Hall–Kier alpha value is -1.88. The highest BCUT2D eigenvalue weighted by molar-refractivity contribution is 7.89. The molecule has 0 aliphatic heterocycles. The van der Waals surface area contributed by atoms with Crippen LogP contribution in [-0.4, -0.2) is 39.0 Å². The predicted molar refractivity (Wildman–Crippen MR) is 77.7 cm³/mol. The van der Waals surface area contributed by atoms with Crippen LogP contribution in [0.15, 0.2) is 24.3 Å². The molecule has 0 fully saturated rings. The summed E-state index contributed by atoms with van der Waals surface area (Å²) in [6.07, 6.45) is -0.179. The van der Waals surface area contributed by atoms with Gasteiger partial charge in [-0.2, -0.15) is 0 Å². The number of aliphatic hydroxyl groups is 1. The molecule has 0 saturated heterocycles. The molecule has 0 spiro atoms. The summed E-state index contributed by atoms with van der Waals surface area (Å²) in [6.45, 7) is -0.0705. The summed E-state index contributed by atoms with van der Waals surface area (Å²) in [4.78, 5) is 10.9. The number of carbonyl (C=O) groups excluding carboxylic acids is 1. The molecule has 21 heavy (non-hydrogen) atoms. The zero-order chi connectivity index (χ0) is 15.7. The van der Waals surface area contributed by atoms with Gasteiger partial charge >= 0.3 is 5.97 Å². The van der Waals surface area contributed by atoms with E-state index < -0.39 is 16.0 Å². The first kappa shape index (κ1) is 17.2. The third-order valence-electron chi connectivity index (χ3n) is 2.56. The van der Waals surface area contributed by atoms with E-state index in [4.69, 9.17) is 5.11 Å². The topological polar surface area (TPSA) is 92.7 Å². The Morgan fingerprint density at radius 1 is 1.33 bits per heavy atom. The molecule has 7 heteroatoms. The van der Waals surface area contributed by atoms with Crippen molar-refractivity contribution in [2.45, 2.75) is 13.0 Å². The SMILES string of the molecule is COC(=O)CCS(=O)(=O)NCc1ccc(C#CCO)cc1. The van der Waals surface area contributed by atoms with Gasteiger partial charge < -0.3 is 9.84 Å². The van der Waals surface area contributed by atoms with Gasteiger partial charge in [-0.1, -0.05) is 24.0 Å². The fraction of sp³-hybridized carbons (Fsp3) is 0.357. The van der Waals surface area contributed by atoms with E-state index in [1.807, 2.05) is 0 Å². The van der Waals surface area contributed by atoms with Crippen molar-refractivity contribution in [3.8, 4) is 11.8 Å². The Morgan fingerprint density at radius 2 is 2.00 bits per heavy atom. The maximum Gasteiger partial charge on any atom is 0.306 e. The lowest BCUT2D eigenvalue weighted by atomic mass is 10.1. The van der Waals surface area contributed by atoms with Crippen molar-refractivity contribution in [3.05, 3.63) is 35.4 Å². The molecule has 0 aliphatic carbocycles. The van der Waals surface area contributed by atoms with Crippen LogP contribution < -0.4 is 4.72 Å². The van der Waals surface area contributed by atoms with Crippen LogP contribution in [-0.2, 0) is 26.1 Å². The van der Waals surface area contributed by atoms with Crippen LogP contribution in [0.2, 0.25) is 0 Å². The molecule has 1 rings (SSSR count). The highest BCUT2D eigenvalue weighted by Gasteiger charge is 2.13. The highest BCUT2D eigenvalue weighted by atomic mass is 32.2. The molecule has 0 saturated carbocycles. The predicted octanol–water partition coefficient (Wildman–Crippen LogP) is 0.0129. The van der Waals surface area contributed by atoms with Crippen LogP contribution in [0.25, 0.3) is 0 Å². The second-order valence-corrected chi connectivity index (χ2v) is 6.05. The number of benzene rings is 1. The monoisotopic (exact) mass is 311 g/mol. The average Bonchev–Trinajstić information content (AvgIpc) is 2.49. The Balaban J connectivity index is 2.52. The van der Waals surface area contributed by atoms with Gasteiger partial charge in [0.25, 0.3) is 0 Å². The molecule has 0 heterocycles. The summed E-state index contributed by atoms with van der Waals surface area (Å²) in [5.74, 6) is 4.40. The number of hydrogen-bond donors (Lipinski definition) is 2. The number of nitrogens with one attached hydrogen (secondary N) is 1. The number of ether oxygens (including phenoxy) is 1. The van der Waals surface area contributed by atoms with E-state index in [1.165, 1.54) is 7.11 Å². The molecule has 1 aromatic rings. The normalized spacial score (nSPS) is 10.6. The van der Waals surface area contributed by atoms with Crippen molar-refractivity contribution in [1.29, 1.82) is 0 Å². The Morgan fingerprint density at radius 3 is 2.57 bits per heavy atom. The Kier molecular flexibility index (Phi) is 6.88. The minimum Gasteiger partial charge on any atom is -0.469 e. The third kappa shape index (κ3) is 6.90. The number of sulfonamides is 1. The van der Waals surface area contributed by atoms with Gasteiger partial charge in [0.15, 0.2) is 0 Å². The zero-order valence-electron chi connectivity index (χ0n) is 11.6. The van der Waals surface area contributed by atoms with Gasteiger partial charge in [-0.05, 0) is 17.7 Å². The second kappa shape index (κ2) is 8.42. The van der Waals surface area contributed by atoms with Crippen LogP contribution in [0, 0.1) is 11.8 Å². The largest absolute Gasteiger partial charge is 0.469 e. The molecule has 6 nitrogen and oxygen atoms in total. The summed E-state index contributed by atoms with van der Waals surface area (Å²) in [6, 6.07) is 6.95. The van der Waals surface area contributed by atoms with Crippen LogP contribution in [0.5, 0.6) is 0 Å². The Labute approximate surface area is 124 Å². The van der Waals surface area contributed by atoms with Crippen LogP contribution in [0.4, 0.5) is 0 Å². The lowest BCUT2D eigenvalue weighted by Gasteiger charge is -2.06. The standard InChI is InChI=1S/C14H17NO5S/c1-20-14(17)8-10-21(18,19)15-11-13-6-4-12(5-7-13)3-2-9-16/h4-7,15-16H,8-11H2,1H3. The van der Waals surface area contributed by atoms with Gasteiger partial charge in [0.05, 0.1) is 19.3 Å². The van der Waals surface area contributed by atoms with Crippen molar-refractivity contribution in [2.24, 2.45) is 0 Å². The van der Waals surface area contributed by atoms with Gasteiger partial charge in [-0.25, -0.2) is 13.1 Å². The third-order valence-corrected chi connectivity index (χ3v) is 3.89. The van der Waals surface area contributed by atoms with Gasteiger partial charge in [-0.15, -0.1) is 0 Å². The molecular weight excluding hydrogens is 294 g/mol. The number of esters is 1. The molecule has 114 valence electrons. The molecule has 0 bridgehead atoms. The first-order chi connectivity index (χ1) is 9.96. The van der Waals surface area contributed by atoms with Gasteiger partial charge in [0, 0.05) is 12.1 Å². The summed E-state index contributed by atoms with van der Waals surface area (Å²) < 4.78 is 30.1. The van der Waals surface area contributed by atoms with Crippen LogP contribution in [0.3, 0.4) is 0 Å². The van der Waals surface area contributed by atoms with Gasteiger partial charge in [0.2, 0.25) is 10.0 Å². The first-order valence-corrected chi connectivity index (χ1v) is 7.85. The zero-order valence-corrected chi connectivity index (χ0v) is 12.4. The number of hydrogen-bond acceptors (Lipinski definition) is 5. The van der Waals surface area contributed by atoms with Crippen molar-refractivity contribution >= 4 is 16.0 Å². The van der Waals surface area contributed by atoms with Gasteiger partial charge in [-0.3, -0.25) is 4.79 Å². The first-order valence-electron chi connectivity index (χ1n) is 6.19. The minimum absolute atomic E-state index is 0.136. The number of aliphatic hydroxyl groups excluding tert-OH is 1. The van der Waals surface area contributed by atoms with E-state index in [0.717, 1.165) is 11.1 Å². The minimum atomic E-state index is -3.52. The van der Waals surface area contributed by atoms with E-state index in [0.29, 0.717) is 0 Å². The number of carbonyl (C=O) groups is 1. The van der Waals surface area contributed by atoms with E-state index >= 15 is 0 Å². The second-order valence-electron chi connectivity index (χ2n) is 4.12. The summed E-state index contributed by atoms with van der Waals surface area (Å²) >= 11 is 0. The highest BCUT2D eigenvalue weighted by Crippen LogP contribution is 2.04.